The first-order valence-corrected chi connectivity index (χ1v) is 7.64. The summed E-state index contributed by atoms with van der Waals surface area (Å²) < 4.78 is 22.1. The Kier molecular flexibility index (Phi) is 4.74. The van der Waals surface area contributed by atoms with Crippen LogP contribution in [0.1, 0.15) is 11.5 Å². The summed E-state index contributed by atoms with van der Waals surface area (Å²) in [4.78, 5) is 8.51. The van der Waals surface area contributed by atoms with E-state index in [0.29, 0.717) is 46.0 Å². The lowest BCUT2D eigenvalue weighted by atomic mass is 10.2. The second-order valence-corrected chi connectivity index (χ2v) is 5.26. The molecule has 2 aromatic heterocycles. The minimum Gasteiger partial charge on any atom is -0.497 e. The van der Waals surface area contributed by atoms with Crippen molar-refractivity contribution >= 4 is 5.82 Å². The molecule has 7 heteroatoms. The van der Waals surface area contributed by atoms with Gasteiger partial charge in [0.15, 0.2) is 11.6 Å². The third-order valence-electron chi connectivity index (χ3n) is 3.69. The largest absolute Gasteiger partial charge is 0.497 e. The van der Waals surface area contributed by atoms with E-state index in [2.05, 4.69) is 9.97 Å². The normalized spacial score (nSPS) is 10.5. The molecule has 0 atom stereocenters. The second kappa shape index (κ2) is 7.12. The molecule has 0 spiro atoms. The van der Waals surface area contributed by atoms with Crippen molar-refractivity contribution in [2.24, 2.45) is 0 Å². The Morgan fingerprint density at radius 3 is 2.68 bits per heavy atom. The molecular formula is C18H19N3O4. The topological polar surface area (TPSA) is 92.6 Å². The van der Waals surface area contributed by atoms with Crippen LogP contribution in [0.3, 0.4) is 0 Å². The van der Waals surface area contributed by atoms with Crippen LogP contribution in [-0.4, -0.2) is 24.2 Å². The molecule has 3 aromatic rings. The molecule has 0 saturated heterocycles. The van der Waals surface area contributed by atoms with E-state index in [1.807, 2.05) is 19.1 Å². The molecule has 1 aromatic carbocycles. The van der Waals surface area contributed by atoms with Crippen LogP contribution in [0.15, 0.2) is 40.9 Å². The zero-order valence-electron chi connectivity index (χ0n) is 14.3. The quantitative estimate of drug-likeness (QED) is 0.736. The van der Waals surface area contributed by atoms with Gasteiger partial charge in [0.2, 0.25) is 5.89 Å². The monoisotopic (exact) mass is 341 g/mol. The van der Waals surface area contributed by atoms with Gasteiger partial charge in [0.05, 0.1) is 19.8 Å². The average molecular weight is 341 g/mol. The van der Waals surface area contributed by atoms with E-state index in [0.717, 1.165) is 0 Å². The Hall–Kier alpha value is -3.22. The van der Waals surface area contributed by atoms with E-state index in [-0.39, 0.29) is 6.61 Å². The van der Waals surface area contributed by atoms with Crippen LogP contribution in [0.25, 0.3) is 11.5 Å². The number of nitrogens with zero attached hydrogens (tertiary/aromatic N) is 2. The number of oxazole rings is 1. The maximum atomic E-state index is 5.79. The van der Waals surface area contributed by atoms with Gasteiger partial charge < -0.3 is 24.4 Å². The highest BCUT2D eigenvalue weighted by molar-refractivity contribution is 5.65. The second-order valence-electron chi connectivity index (χ2n) is 5.26. The predicted molar refractivity (Wildman–Crippen MR) is 92.8 cm³/mol. The van der Waals surface area contributed by atoms with Crippen LogP contribution in [0.5, 0.6) is 17.2 Å². The highest BCUT2D eigenvalue weighted by Gasteiger charge is 2.17. The molecule has 0 aliphatic rings. The summed E-state index contributed by atoms with van der Waals surface area (Å²) >= 11 is 0. The number of rotatable bonds is 6. The molecule has 2 heterocycles. The van der Waals surface area contributed by atoms with Crippen LogP contribution in [0.2, 0.25) is 0 Å². The number of aryl methyl sites for hydroxylation is 1. The zero-order valence-corrected chi connectivity index (χ0v) is 14.3. The Labute approximate surface area is 145 Å². The molecule has 130 valence electrons. The third kappa shape index (κ3) is 3.50. The smallest absolute Gasteiger partial charge is 0.230 e. The average Bonchev–Trinajstić information content (AvgIpc) is 3.01. The number of aromatic nitrogens is 2. The van der Waals surface area contributed by atoms with E-state index >= 15 is 0 Å². The molecule has 0 amide bonds. The van der Waals surface area contributed by atoms with E-state index in [1.165, 1.54) is 0 Å². The van der Waals surface area contributed by atoms with E-state index < -0.39 is 0 Å². The Balaban J connectivity index is 1.87. The Morgan fingerprint density at radius 1 is 1.12 bits per heavy atom. The molecule has 0 aliphatic carbocycles. The molecule has 0 unspecified atom stereocenters. The van der Waals surface area contributed by atoms with E-state index in [9.17, 15) is 0 Å². The number of hydrogen-bond donors (Lipinski definition) is 1. The van der Waals surface area contributed by atoms with E-state index in [4.69, 9.17) is 24.4 Å². The number of pyridine rings is 1. The summed E-state index contributed by atoms with van der Waals surface area (Å²) in [6.07, 6.45) is 1.61. The summed E-state index contributed by atoms with van der Waals surface area (Å²) in [5, 5.41) is 0. The van der Waals surface area contributed by atoms with Gasteiger partial charge >= 0.3 is 0 Å². The minimum absolute atomic E-state index is 0.220. The van der Waals surface area contributed by atoms with E-state index in [1.54, 1.807) is 38.6 Å². The van der Waals surface area contributed by atoms with Crippen molar-refractivity contribution in [2.75, 3.05) is 20.0 Å². The highest BCUT2D eigenvalue weighted by Crippen LogP contribution is 2.34. The maximum absolute atomic E-state index is 5.79. The van der Waals surface area contributed by atoms with Crippen molar-refractivity contribution in [3.63, 3.8) is 0 Å². The number of hydrogen-bond acceptors (Lipinski definition) is 7. The van der Waals surface area contributed by atoms with Crippen molar-refractivity contribution in [3.8, 4) is 28.7 Å². The molecule has 3 rings (SSSR count). The van der Waals surface area contributed by atoms with Crippen molar-refractivity contribution in [3.05, 3.63) is 48.0 Å². The lowest BCUT2D eigenvalue weighted by Crippen LogP contribution is -2.01. The van der Waals surface area contributed by atoms with Gasteiger partial charge in [-0.15, -0.1) is 0 Å². The summed E-state index contributed by atoms with van der Waals surface area (Å²) in [5.41, 5.74) is 7.15. The predicted octanol–water partition coefficient (Wildman–Crippen LogP) is 3.22. The van der Waals surface area contributed by atoms with Crippen molar-refractivity contribution in [1.82, 2.24) is 9.97 Å². The first-order valence-electron chi connectivity index (χ1n) is 7.64. The molecular weight excluding hydrogens is 322 g/mol. The molecule has 0 saturated carbocycles. The van der Waals surface area contributed by atoms with Crippen LogP contribution < -0.4 is 19.9 Å². The van der Waals surface area contributed by atoms with Crippen molar-refractivity contribution in [2.45, 2.75) is 13.5 Å². The summed E-state index contributed by atoms with van der Waals surface area (Å²) in [5.74, 6) is 3.26. The summed E-state index contributed by atoms with van der Waals surface area (Å²) in [6.45, 7) is 2.05. The third-order valence-corrected chi connectivity index (χ3v) is 3.69. The highest BCUT2D eigenvalue weighted by atomic mass is 16.5. The van der Waals surface area contributed by atoms with Gasteiger partial charge in [-0.2, -0.15) is 0 Å². The first-order chi connectivity index (χ1) is 12.1. The number of methoxy groups -OCH3 is 2. The van der Waals surface area contributed by atoms with Crippen molar-refractivity contribution < 1.29 is 18.6 Å². The first kappa shape index (κ1) is 16.6. The van der Waals surface area contributed by atoms with Gasteiger partial charge in [0, 0.05) is 6.20 Å². The van der Waals surface area contributed by atoms with Gasteiger partial charge in [-0.3, -0.25) is 0 Å². The molecule has 0 bridgehead atoms. The standard InChI is InChI=1S/C18H19N3O4/c1-11-14(10-24-16-5-4-8-20-17(16)19)21-18(25-11)13-9-12(22-2)6-7-15(13)23-3/h4-9H,10H2,1-3H3,(H2,19,20). The van der Waals surface area contributed by atoms with Gasteiger partial charge in [0.1, 0.15) is 29.6 Å². The fraction of sp³-hybridized carbons (Fsp3) is 0.222. The minimum atomic E-state index is 0.220. The fourth-order valence-corrected chi connectivity index (χ4v) is 2.33. The number of anilines is 1. The van der Waals surface area contributed by atoms with Gasteiger partial charge in [-0.05, 0) is 37.3 Å². The van der Waals surface area contributed by atoms with Gasteiger partial charge in [-0.25, -0.2) is 9.97 Å². The lowest BCUT2D eigenvalue weighted by molar-refractivity contribution is 0.300. The fourth-order valence-electron chi connectivity index (χ4n) is 2.33. The van der Waals surface area contributed by atoms with Crippen LogP contribution in [0, 0.1) is 6.92 Å². The maximum Gasteiger partial charge on any atom is 0.230 e. The van der Waals surface area contributed by atoms with Gasteiger partial charge in [0.25, 0.3) is 0 Å². The SMILES string of the molecule is COc1ccc(OC)c(-c2nc(COc3cccnc3N)c(C)o2)c1. The summed E-state index contributed by atoms with van der Waals surface area (Å²) in [7, 11) is 3.19. The molecule has 0 radical (unpaired) electrons. The number of nitrogen functional groups attached to an aromatic ring is 1. The Morgan fingerprint density at radius 2 is 1.96 bits per heavy atom. The Bertz CT molecular complexity index is 877. The lowest BCUT2D eigenvalue weighted by Gasteiger charge is -2.07. The molecule has 2 N–H and O–H groups in total. The number of ether oxygens (including phenoxy) is 3. The van der Waals surface area contributed by atoms with Crippen LogP contribution in [-0.2, 0) is 6.61 Å². The van der Waals surface area contributed by atoms with Gasteiger partial charge in [-0.1, -0.05) is 0 Å². The molecule has 0 fully saturated rings. The van der Waals surface area contributed by atoms with Crippen molar-refractivity contribution in [1.29, 1.82) is 0 Å². The molecule has 25 heavy (non-hydrogen) atoms. The number of benzene rings is 1. The molecule has 0 aliphatic heterocycles. The van der Waals surface area contributed by atoms with Crippen LogP contribution >= 0.6 is 0 Å². The zero-order chi connectivity index (χ0) is 17.8. The summed E-state index contributed by atoms with van der Waals surface area (Å²) in [6, 6.07) is 8.94. The number of nitrogens with two attached hydrogens (primary N) is 1. The van der Waals surface area contributed by atoms with Crippen LogP contribution in [0.4, 0.5) is 5.82 Å². The molecule has 7 nitrogen and oxygen atoms in total.